The maximum atomic E-state index is 13.1. The van der Waals surface area contributed by atoms with Gasteiger partial charge in [-0.3, -0.25) is 19.8 Å². The van der Waals surface area contributed by atoms with Crippen LogP contribution in [0, 0.1) is 10.1 Å². The van der Waals surface area contributed by atoms with Crippen molar-refractivity contribution in [3.05, 3.63) is 117 Å². The number of nitro groups is 1. The minimum absolute atomic E-state index is 0.109. The minimum Gasteiger partial charge on any atom is -0.492 e. The van der Waals surface area contributed by atoms with E-state index in [2.05, 4.69) is 33.0 Å². The molecule has 0 aliphatic carbocycles. The van der Waals surface area contributed by atoms with Crippen LogP contribution in [0.4, 0.5) is 5.69 Å². The van der Waals surface area contributed by atoms with Crippen LogP contribution in [0.15, 0.2) is 95.5 Å². The Labute approximate surface area is 221 Å². The number of ketones is 1. The molecule has 0 fully saturated rings. The van der Waals surface area contributed by atoms with E-state index in [-0.39, 0.29) is 18.0 Å². The lowest BCUT2D eigenvalue weighted by molar-refractivity contribution is -0.385. The molecule has 5 rings (SSSR count). The number of aromatic amines is 1. The normalized spacial score (nSPS) is 11.3. The maximum absolute atomic E-state index is 13.1. The highest BCUT2D eigenvalue weighted by Gasteiger charge is 2.19. The molecule has 186 valence electrons. The van der Waals surface area contributed by atoms with Crippen LogP contribution < -0.4 is 4.74 Å². The Kier molecular flexibility index (Phi) is 7.30. The summed E-state index contributed by atoms with van der Waals surface area (Å²) in [6.07, 6.45) is 0. The van der Waals surface area contributed by atoms with Gasteiger partial charge in [0.25, 0.3) is 5.69 Å². The van der Waals surface area contributed by atoms with E-state index in [1.54, 1.807) is 6.07 Å². The van der Waals surface area contributed by atoms with Crippen molar-refractivity contribution in [1.29, 1.82) is 0 Å². The second-order valence-electron chi connectivity index (χ2n) is 8.77. The standard InChI is InChI=1S/C29H24BrN3O4/c30-25-13-10-21(16-28(25)33(35)36)29(34)19-32(18-20-6-2-1-3-7-20)14-15-37-22-11-12-24-23-8-4-5-9-26(23)31-27(24)17-22/h1-13,16-17,31H,14-15,18-19H2. The average molecular weight is 558 g/mol. The third-order valence-corrected chi connectivity index (χ3v) is 6.91. The number of carbonyl (C=O) groups excluding carboxylic acids is 1. The number of fused-ring (bicyclic) bond motifs is 3. The van der Waals surface area contributed by atoms with Gasteiger partial charge in [-0.05, 0) is 51.8 Å². The molecule has 0 saturated heterocycles. The largest absolute Gasteiger partial charge is 0.492 e. The average Bonchev–Trinajstić information content (AvgIpc) is 3.27. The van der Waals surface area contributed by atoms with E-state index >= 15 is 0 Å². The summed E-state index contributed by atoms with van der Waals surface area (Å²) in [4.78, 5) is 29.3. The van der Waals surface area contributed by atoms with Crippen LogP contribution in [0.3, 0.4) is 0 Å². The van der Waals surface area contributed by atoms with Gasteiger partial charge < -0.3 is 9.72 Å². The summed E-state index contributed by atoms with van der Waals surface area (Å²) >= 11 is 3.17. The van der Waals surface area contributed by atoms with Crippen molar-refractivity contribution in [2.24, 2.45) is 0 Å². The molecule has 1 N–H and O–H groups in total. The first-order valence-corrected chi connectivity index (χ1v) is 12.6. The second-order valence-corrected chi connectivity index (χ2v) is 9.62. The summed E-state index contributed by atoms with van der Waals surface area (Å²) in [5, 5.41) is 13.6. The van der Waals surface area contributed by atoms with E-state index in [1.807, 2.05) is 65.6 Å². The second kappa shape index (κ2) is 10.9. The van der Waals surface area contributed by atoms with E-state index in [9.17, 15) is 14.9 Å². The van der Waals surface area contributed by atoms with Gasteiger partial charge in [0.2, 0.25) is 0 Å². The third kappa shape index (κ3) is 5.71. The fourth-order valence-corrected chi connectivity index (χ4v) is 4.78. The van der Waals surface area contributed by atoms with E-state index < -0.39 is 4.92 Å². The zero-order chi connectivity index (χ0) is 25.8. The topological polar surface area (TPSA) is 88.5 Å². The first-order valence-electron chi connectivity index (χ1n) is 11.8. The van der Waals surface area contributed by atoms with Gasteiger partial charge in [0.05, 0.1) is 21.5 Å². The number of hydrogen-bond acceptors (Lipinski definition) is 5. The Hall–Kier alpha value is -4.01. The monoisotopic (exact) mass is 557 g/mol. The molecule has 0 aliphatic heterocycles. The van der Waals surface area contributed by atoms with Gasteiger partial charge in [-0.25, -0.2) is 0 Å². The predicted molar refractivity (Wildman–Crippen MR) is 148 cm³/mol. The smallest absolute Gasteiger partial charge is 0.284 e. The van der Waals surface area contributed by atoms with Crippen LogP contribution in [0.1, 0.15) is 15.9 Å². The Bertz CT molecular complexity index is 1580. The van der Waals surface area contributed by atoms with Crippen LogP contribution in [0.2, 0.25) is 0 Å². The first-order chi connectivity index (χ1) is 18.0. The van der Waals surface area contributed by atoms with Crippen molar-refractivity contribution in [3.8, 4) is 5.75 Å². The molecule has 0 saturated carbocycles. The number of benzene rings is 4. The van der Waals surface area contributed by atoms with Gasteiger partial charge in [0, 0.05) is 47.1 Å². The van der Waals surface area contributed by atoms with Crippen LogP contribution >= 0.6 is 15.9 Å². The Morgan fingerprint density at radius 2 is 1.68 bits per heavy atom. The molecule has 4 aromatic carbocycles. The molecular weight excluding hydrogens is 534 g/mol. The van der Waals surface area contributed by atoms with Gasteiger partial charge in [-0.2, -0.15) is 0 Å². The zero-order valence-corrected chi connectivity index (χ0v) is 21.5. The molecule has 8 heteroatoms. The van der Waals surface area contributed by atoms with Crippen molar-refractivity contribution >= 4 is 49.2 Å². The lowest BCUT2D eigenvalue weighted by Crippen LogP contribution is -2.33. The molecule has 1 aromatic heterocycles. The number of rotatable bonds is 10. The molecule has 0 spiro atoms. The van der Waals surface area contributed by atoms with Crippen molar-refractivity contribution in [2.75, 3.05) is 19.7 Å². The molecule has 37 heavy (non-hydrogen) atoms. The van der Waals surface area contributed by atoms with Gasteiger partial charge >= 0.3 is 0 Å². The van der Waals surface area contributed by atoms with Gasteiger partial charge in [0.1, 0.15) is 12.4 Å². The maximum Gasteiger partial charge on any atom is 0.284 e. The van der Waals surface area contributed by atoms with Gasteiger partial charge in [-0.15, -0.1) is 0 Å². The highest BCUT2D eigenvalue weighted by atomic mass is 79.9. The molecule has 0 atom stereocenters. The summed E-state index contributed by atoms with van der Waals surface area (Å²) in [5.74, 6) is 0.555. The highest BCUT2D eigenvalue weighted by Crippen LogP contribution is 2.28. The number of carbonyl (C=O) groups is 1. The molecule has 1 heterocycles. The van der Waals surface area contributed by atoms with Crippen molar-refractivity contribution in [2.45, 2.75) is 6.54 Å². The summed E-state index contributed by atoms with van der Waals surface area (Å²) in [6, 6.07) is 28.5. The van der Waals surface area contributed by atoms with Crippen LogP contribution in [0.25, 0.3) is 21.8 Å². The van der Waals surface area contributed by atoms with Crippen LogP contribution in [-0.2, 0) is 6.54 Å². The zero-order valence-electron chi connectivity index (χ0n) is 19.9. The lowest BCUT2D eigenvalue weighted by atomic mass is 10.1. The number of Topliss-reactive ketones (excluding diaryl/α,β-unsaturated/α-hetero) is 1. The lowest BCUT2D eigenvalue weighted by Gasteiger charge is -2.22. The Morgan fingerprint density at radius 3 is 2.49 bits per heavy atom. The van der Waals surface area contributed by atoms with E-state index in [4.69, 9.17) is 4.74 Å². The van der Waals surface area contributed by atoms with E-state index in [1.165, 1.54) is 17.5 Å². The molecular formula is C29H24BrN3O4. The van der Waals surface area contributed by atoms with Crippen LogP contribution in [0.5, 0.6) is 5.75 Å². The summed E-state index contributed by atoms with van der Waals surface area (Å²) in [5.41, 5.74) is 3.33. The molecule has 0 aliphatic rings. The minimum atomic E-state index is -0.500. The molecule has 0 unspecified atom stereocenters. The SMILES string of the molecule is O=C(CN(CCOc1ccc2c(c1)[nH]c1ccccc12)Cc1ccccc1)c1ccc(Br)c([N+](=O)[O-])c1. The summed E-state index contributed by atoms with van der Waals surface area (Å²) in [6.45, 7) is 1.55. The third-order valence-electron chi connectivity index (χ3n) is 6.23. The number of hydrogen-bond donors (Lipinski definition) is 1. The van der Waals surface area contributed by atoms with Crippen molar-refractivity contribution in [1.82, 2.24) is 9.88 Å². The summed E-state index contributed by atoms with van der Waals surface area (Å²) in [7, 11) is 0. The van der Waals surface area contributed by atoms with Crippen molar-refractivity contribution in [3.63, 3.8) is 0 Å². The Balaban J connectivity index is 1.29. The number of nitro benzene ring substituents is 1. The van der Waals surface area contributed by atoms with E-state index in [0.717, 1.165) is 27.7 Å². The fraction of sp³-hybridized carbons (Fsp3) is 0.138. The number of para-hydroxylation sites is 1. The number of H-pyrrole nitrogens is 1. The molecule has 5 aromatic rings. The van der Waals surface area contributed by atoms with Gasteiger partial charge in [0.15, 0.2) is 5.78 Å². The highest BCUT2D eigenvalue weighted by molar-refractivity contribution is 9.10. The Morgan fingerprint density at radius 1 is 0.919 bits per heavy atom. The van der Waals surface area contributed by atoms with E-state index in [0.29, 0.717) is 29.7 Å². The molecule has 0 bridgehead atoms. The first kappa shape index (κ1) is 24.7. The van der Waals surface area contributed by atoms with Crippen molar-refractivity contribution < 1.29 is 14.5 Å². The number of ether oxygens (including phenoxy) is 1. The number of nitrogens with zero attached hydrogens (tertiary/aromatic N) is 2. The number of nitrogens with one attached hydrogen (secondary N) is 1. The van der Waals surface area contributed by atoms with Gasteiger partial charge in [-0.1, -0.05) is 48.5 Å². The molecule has 7 nitrogen and oxygen atoms in total. The summed E-state index contributed by atoms with van der Waals surface area (Å²) < 4.78 is 6.41. The fourth-order valence-electron chi connectivity index (χ4n) is 4.39. The molecule has 0 amide bonds. The quantitative estimate of drug-likeness (QED) is 0.116. The predicted octanol–water partition coefficient (Wildman–Crippen LogP) is 6.76. The van der Waals surface area contributed by atoms with Crippen LogP contribution in [-0.4, -0.2) is 40.3 Å². The molecule has 0 radical (unpaired) electrons. The number of aromatic nitrogens is 1. The number of halogens is 1.